The number of hydrogen-bond donors (Lipinski definition) is 0. The Kier molecular flexibility index (Phi) is 6.01. The van der Waals surface area contributed by atoms with Crippen LogP contribution in [0.4, 0.5) is 0 Å². The van der Waals surface area contributed by atoms with E-state index in [-0.39, 0.29) is 24.5 Å². The summed E-state index contributed by atoms with van der Waals surface area (Å²) in [7, 11) is 2.56. The van der Waals surface area contributed by atoms with Crippen LogP contribution in [-0.4, -0.2) is 31.9 Å². The van der Waals surface area contributed by atoms with Crippen LogP contribution in [0.5, 0.6) is 0 Å². The third kappa shape index (κ3) is 3.52. The molecule has 0 aliphatic heterocycles. The summed E-state index contributed by atoms with van der Waals surface area (Å²) in [6, 6.07) is 10.0. The normalized spacial score (nSPS) is 20.9. The molecule has 32 heavy (non-hydrogen) atoms. The predicted octanol–water partition coefficient (Wildman–Crippen LogP) is 4.95. The van der Waals surface area contributed by atoms with Crippen molar-refractivity contribution in [2.24, 2.45) is 16.7 Å². The molecule has 0 spiro atoms. The van der Waals surface area contributed by atoms with E-state index in [4.69, 9.17) is 9.47 Å². The highest BCUT2D eigenvalue weighted by Gasteiger charge is 2.58. The molecule has 1 atom stereocenters. The van der Waals surface area contributed by atoms with Gasteiger partial charge in [-0.05, 0) is 35.5 Å². The summed E-state index contributed by atoms with van der Waals surface area (Å²) in [4.78, 5) is 39.9. The maximum atomic E-state index is 14.0. The summed E-state index contributed by atoms with van der Waals surface area (Å²) in [6.07, 6.45) is 0.288. The summed E-state index contributed by atoms with van der Waals surface area (Å²) in [5, 5.41) is 0. The SMILES string of the molecule is COC(=O)C1(C(=O)OC)CC(C)=C2C(=C(C(C)(C)C)C(=O)C2C(C)(C)c2ccccc2)C1. The second-order valence-electron chi connectivity index (χ2n) is 10.6. The van der Waals surface area contributed by atoms with Gasteiger partial charge >= 0.3 is 11.9 Å². The number of Topliss-reactive ketones (excluding diaryl/α,β-unsaturated/α-hetero) is 1. The number of esters is 2. The molecule has 0 saturated heterocycles. The maximum Gasteiger partial charge on any atom is 0.323 e. The van der Waals surface area contributed by atoms with Crippen LogP contribution in [0, 0.1) is 16.7 Å². The van der Waals surface area contributed by atoms with Crippen LogP contribution in [0.25, 0.3) is 0 Å². The van der Waals surface area contributed by atoms with Crippen LogP contribution < -0.4 is 0 Å². The first kappa shape index (κ1) is 24.0. The maximum absolute atomic E-state index is 14.0. The molecular formula is C27H34O5. The Morgan fingerprint density at radius 2 is 1.47 bits per heavy atom. The Labute approximate surface area is 190 Å². The quantitative estimate of drug-likeness (QED) is 0.491. The van der Waals surface area contributed by atoms with Gasteiger partial charge in [0.25, 0.3) is 0 Å². The molecule has 0 amide bonds. The average molecular weight is 439 g/mol. The molecule has 1 aromatic rings. The predicted molar refractivity (Wildman–Crippen MR) is 123 cm³/mol. The van der Waals surface area contributed by atoms with Gasteiger partial charge in [0.1, 0.15) is 0 Å². The van der Waals surface area contributed by atoms with E-state index in [1.54, 1.807) is 0 Å². The fourth-order valence-corrected chi connectivity index (χ4v) is 5.64. The zero-order chi connectivity index (χ0) is 24.1. The number of rotatable bonds is 4. The van der Waals surface area contributed by atoms with Gasteiger partial charge in [-0.25, -0.2) is 0 Å². The fraction of sp³-hybridized carbons (Fsp3) is 0.519. The lowest BCUT2D eigenvalue weighted by Crippen LogP contribution is -2.44. The van der Waals surface area contributed by atoms with Gasteiger partial charge in [-0.1, -0.05) is 70.5 Å². The number of ketones is 1. The van der Waals surface area contributed by atoms with Crippen molar-refractivity contribution in [2.45, 2.75) is 59.8 Å². The van der Waals surface area contributed by atoms with E-state index in [9.17, 15) is 14.4 Å². The lowest BCUT2D eigenvalue weighted by atomic mass is 9.63. The second-order valence-corrected chi connectivity index (χ2v) is 10.6. The third-order valence-electron chi connectivity index (χ3n) is 7.07. The second kappa shape index (κ2) is 8.02. The minimum atomic E-state index is -1.48. The van der Waals surface area contributed by atoms with Gasteiger partial charge in [0.05, 0.1) is 20.1 Å². The minimum Gasteiger partial charge on any atom is -0.468 e. The van der Waals surface area contributed by atoms with Crippen LogP contribution >= 0.6 is 0 Å². The molecule has 0 heterocycles. The van der Waals surface area contributed by atoms with E-state index in [1.807, 2.05) is 58.0 Å². The van der Waals surface area contributed by atoms with Gasteiger partial charge in [-0.2, -0.15) is 0 Å². The first-order chi connectivity index (χ1) is 14.8. The Hall–Kier alpha value is -2.69. The van der Waals surface area contributed by atoms with Gasteiger partial charge in [0, 0.05) is 17.4 Å². The summed E-state index contributed by atoms with van der Waals surface area (Å²) < 4.78 is 10.1. The zero-order valence-electron chi connectivity index (χ0n) is 20.4. The highest BCUT2D eigenvalue weighted by atomic mass is 16.5. The molecule has 0 fully saturated rings. The summed E-state index contributed by atoms with van der Waals surface area (Å²) in [5.41, 5.74) is 2.01. The van der Waals surface area contributed by atoms with Crippen molar-refractivity contribution >= 4 is 17.7 Å². The molecule has 0 bridgehead atoms. The molecule has 0 aromatic heterocycles. The van der Waals surface area contributed by atoms with Gasteiger partial charge < -0.3 is 9.47 Å². The molecule has 0 saturated carbocycles. The first-order valence-electron chi connectivity index (χ1n) is 11.0. The monoisotopic (exact) mass is 438 g/mol. The first-order valence-corrected chi connectivity index (χ1v) is 11.0. The largest absolute Gasteiger partial charge is 0.468 e. The number of hydrogen-bond acceptors (Lipinski definition) is 5. The van der Waals surface area contributed by atoms with Crippen molar-refractivity contribution < 1.29 is 23.9 Å². The van der Waals surface area contributed by atoms with Gasteiger partial charge in [-0.3, -0.25) is 14.4 Å². The average Bonchev–Trinajstić information content (AvgIpc) is 3.05. The Morgan fingerprint density at radius 1 is 0.938 bits per heavy atom. The molecule has 1 aromatic carbocycles. The molecule has 2 aliphatic rings. The molecule has 0 N–H and O–H groups in total. The van der Waals surface area contributed by atoms with E-state index >= 15 is 0 Å². The topological polar surface area (TPSA) is 69.7 Å². The van der Waals surface area contributed by atoms with Crippen molar-refractivity contribution in [1.29, 1.82) is 0 Å². The van der Waals surface area contributed by atoms with Crippen LogP contribution in [0.1, 0.15) is 59.9 Å². The number of benzene rings is 1. The molecular weight excluding hydrogens is 404 g/mol. The van der Waals surface area contributed by atoms with Crippen molar-refractivity contribution in [1.82, 2.24) is 0 Å². The Balaban J connectivity index is 2.30. The summed E-state index contributed by atoms with van der Waals surface area (Å²) in [5.74, 6) is -1.56. The van der Waals surface area contributed by atoms with Crippen molar-refractivity contribution in [3.05, 3.63) is 58.2 Å². The van der Waals surface area contributed by atoms with Gasteiger partial charge in [0.2, 0.25) is 0 Å². The smallest absolute Gasteiger partial charge is 0.323 e. The van der Waals surface area contributed by atoms with Crippen LogP contribution in [0.3, 0.4) is 0 Å². The number of methoxy groups -OCH3 is 2. The minimum absolute atomic E-state index is 0.0706. The van der Waals surface area contributed by atoms with E-state index < -0.39 is 28.2 Å². The number of carbonyl (C=O) groups is 3. The van der Waals surface area contributed by atoms with E-state index in [0.29, 0.717) is 5.57 Å². The third-order valence-corrected chi connectivity index (χ3v) is 7.07. The zero-order valence-corrected chi connectivity index (χ0v) is 20.4. The summed E-state index contributed by atoms with van der Waals surface area (Å²) >= 11 is 0. The van der Waals surface area contributed by atoms with E-state index in [1.165, 1.54) is 14.2 Å². The number of fused-ring (bicyclic) bond motifs is 1. The molecule has 2 aliphatic carbocycles. The molecule has 0 radical (unpaired) electrons. The van der Waals surface area contributed by atoms with Crippen LogP contribution in [0.2, 0.25) is 0 Å². The lowest BCUT2D eigenvalue weighted by molar-refractivity contribution is -0.169. The van der Waals surface area contributed by atoms with Gasteiger partial charge in [-0.15, -0.1) is 0 Å². The van der Waals surface area contributed by atoms with E-state index in [0.717, 1.165) is 22.3 Å². The lowest BCUT2D eigenvalue weighted by Gasteiger charge is -2.39. The molecule has 172 valence electrons. The van der Waals surface area contributed by atoms with E-state index in [2.05, 4.69) is 13.8 Å². The van der Waals surface area contributed by atoms with Crippen molar-refractivity contribution in [3.63, 3.8) is 0 Å². The Bertz CT molecular complexity index is 1000. The number of ether oxygens (including phenoxy) is 2. The number of carbonyl (C=O) groups excluding carboxylic acids is 3. The number of allylic oxidation sites excluding steroid dienone is 4. The van der Waals surface area contributed by atoms with Crippen molar-refractivity contribution in [3.8, 4) is 0 Å². The standard InChI is InChI=1S/C27H34O5/c1-16-14-27(23(29)31-7,24(30)32-8)15-18-19(16)21(22(28)20(18)25(2,3)4)26(5,6)17-12-10-9-11-13-17/h9-13,21H,14-15H2,1-8H3. The summed E-state index contributed by atoms with van der Waals surface area (Å²) in [6.45, 7) is 12.1. The highest BCUT2D eigenvalue weighted by molar-refractivity contribution is 6.09. The van der Waals surface area contributed by atoms with Gasteiger partial charge in [0.15, 0.2) is 11.2 Å². The van der Waals surface area contributed by atoms with Crippen molar-refractivity contribution in [2.75, 3.05) is 14.2 Å². The molecule has 3 rings (SSSR count). The van der Waals surface area contributed by atoms with Crippen LogP contribution in [0.15, 0.2) is 52.6 Å². The highest BCUT2D eigenvalue weighted by Crippen LogP contribution is 2.57. The molecule has 1 unspecified atom stereocenters. The molecule has 5 nitrogen and oxygen atoms in total. The Morgan fingerprint density at radius 3 is 1.94 bits per heavy atom. The molecule has 5 heteroatoms. The fourth-order valence-electron chi connectivity index (χ4n) is 5.64. The van der Waals surface area contributed by atoms with Crippen LogP contribution in [-0.2, 0) is 29.3 Å².